The summed E-state index contributed by atoms with van der Waals surface area (Å²) < 4.78 is 0. The lowest BCUT2D eigenvalue weighted by Crippen LogP contribution is -2.54. The number of hydrogen-bond acceptors (Lipinski definition) is 3. The molecule has 1 aliphatic carbocycles. The van der Waals surface area contributed by atoms with Crippen LogP contribution in [0.1, 0.15) is 32.6 Å². The highest BCUT2D eigenvalue weighted by molar-refractivity contribution is 6.29. The summed E-state index contributed by atoms with van der Waals surface area (Å²) >= 11 is 6.04. The summed E-state index contributed by atoms with van der Waals surface area (Å²) in [5.41, 5.74) is 0.861. The zero-order valence-corrected chi connectivity index (χ0v) is 12.0. The highest BCUT2D eigenvalue weighted by atomic mass is 35.5. The van der Waals surface area contributed by atoms with Crippen LogP contribution in [0.4, 0.5) is 11.5 Å². The van der Waals surface area contributed by atoms with Gasteiger partial charge in [-0.2, -0.15) is 0 Å². The van der Waals surface area contributed by atoms with E-state index in [4.69, 9.17) is 11.6 Å². The summed E-state index contributed by atoms with van der Waals surface area (Å²) in [5.74, 6) is 0.984. The van der Waals surface area contributed by atoms with Gasteiger partial charge in [-0.15, -0.1) is 0 Å². The summed E-state index contributed by atoms with van der Waals surface area (Å²) in [6.45, 7) is 1.96. The Morgan fingerprint density at radius 1 is 1.32 bits per heavy atom. The largest absolute Gasteiger partial charge is 0.340 e. The first-order valence-electron chi connectivity index (χ1n) is 6.82. The normalized spacial score (nSPS) is 23.9. The number of aromatic nitrogens is 1. The van der Waals surface area contributed by atoms with Crippen molar-refractivity contribution in [2.75, 3.05) is 16.8 Å². The molecule has 1 fully saturated rings. The number of carbonyl (C=O) groups is 1. The minimum absolute atomic E-state index is 0.128. The van der Waals surface area contributed by atoms with Crippen LogP contribution in [0.5, 0.6) is 0 Å². The number of pyridine rings is 1. The quantitative estimate of drug-likeness (QED) is 0.742. The number of halogens is 1. The molecule has 5 heteroatoms. The first kappa shape index (κ1) is 12.7. The Labute approximate surface area is 118 Å². The SMILES string of the molecule is C[C@H]1C(=O)N(C)c2ccc(Cl)nc2N1C1CCCC1. The topological polar surface area (TPSA) is 36.4 Å². The van der Waals surface area contributed by atoms with Crippen LogP contribution in [-0.4, -0.2) is 30.0 Å². The Morgan fingerprint density at radius 2 is 2.00 bits per heavy atom. The van der Waals surface area contributed by atoms with Crippen LogP contribution in [-0.2, 0) is 4.79 Å². The minimum atomic E-state index is -0.161. The maximum atomic E-state index is 12.4. The van der Waals surface area contributed by atoms with Gasteiger partial charge in [-0.05, 0) is 31.9 Å². The van der Waals surface area contributed by atoms with Crippen LogP contribution < -0.4 is 9.80 Å². The molecule has 1 aromatic heterocycles. The fraction of sp³-hybridized carbons (Fsp3) is 0.571. The lowest BCUT2D eigenvalue weighted by Gasteiger charge is -2.42. The van der Waals surface area contributed by atoms with Crippen LogP contribution >= 0.6 is 11.6 Å². The van der Waals surface area contributed by atoms with E-state index in [1.165, 1.54) is 12.8 Å². The maximum absolute atomic E-state index is 12.4. The second-order valence-electron chi connectivity index (χ2n) is 5.40. The third kappa shape index (κ3) is 1.98. The Bertz CT molecular complexity index is 513. The number of nitrogens with zero attached hydrogens (tertiary/aromatic N) is 3. The van der Waals surface area contributed by atoms with Gasteiger partial charge >= 0.3 is 0 Å². The minimum Gasteiger partial charge on any atom is -0.340 e. The smallest absolute Gasteiger partial charge is 0.249 e. The third-order valence-corrected chi connectivity index (χ3v) is 4.46. The van der Waals surface area contributed by atoms with E-state index in [1.54, 1.807) is 18.0 Å². The van der Waals surface area contributed by atoms with Crippen molar-refractivity contribution >= 4 is 29.0 Å². The van der Waals surface area contributed by atoms with Crippen molar-refractivity contribution in [2.24, 2.45) is 0 Å². The van der Waals surface area contributed by atoms with Crippen molar-refractivity contribution in [3.63, 3.8) is 0 Å². The van der Waals surface area contributed by atoms with E-state index in [1.807, 2.05) is 13.0 Å². The fourth-order valence-corrected chi connectivity index (χ4v) is 3.39. The van der Waals surface area contributed by atoms with Crippen molar-refractivity contribution in [3.8, 4) is 0 Å². The highest BCUT2D eigenvalue weighted by Crippen LogP contribution is 2.39. The van der Waals surface area contributed by atoms with E-state index in [0.717, 1.165) is 24.3 Å². The molecule has 0 N–H and O–H groups in total. The molecule has 0 unspecified atom stereocenters. The average Bonchev–Trinajstić information content (AvgIpc) is 2.90. The van der Waals surface area contributed by atoms with E-state index < -0.39 is 0 Å². The Morgan fingerprint density at radius 3 is 2.68 bits per heavy atom. The first-order chi connectivity index (χ1) is 9.09. The highest BCUT2D eigenvalue weighted by Gasteiger charge is 2.39. The summed E-state index contributed by atoms with van der Waals surface area (Å²) in [4.78, 5) is 20.7. The molecule has 0 saturated heterocycles. The van der Waals surface area contributed by atoms with Crippen molar-refractivity contribution < 1.29 is 4.79 Å². The molecule has 1 atom stereocenters. The van der Waals surface area contributed by atoms with Crippen molar-refractivity contribution in [1.29, 1.82) is 0 Å². The van der Waals surface area contributed by atoms with Gasteiger partial charge in [0.15, 0.2) is 5.82 Å². The number of hydrogen-bond donors (Lipinski definition) is 0. The summed E-state index contributed by atoms with van der Waals surface area (Å²) in [7, 11) is 1.80. The van der Waals surface area contributed by atoms with Crippen molar-refractivity contribution in [2.45, 2.75) is 44.7 Å². The van der Waals surface area contributed by atoms with Gasteiger partial charge in [0.1, 0.15) is 11.2 Å². The maximum Gasteiger partial charge on any atom is 0.249 e. The van der Waals surface area contributed by atoms with Crippen LogP contribution in [0.3, 0.4) is 0 Å². The number of carbonyl (C=O) groups excluding carboxylic acids is 1. The summed E-state index contributed by atoms with van der Waals surface area (Å²) in [6.07, 6.45) is 4.73. The second-order valence-corrected chi connectivity index (χ2v) is 5.78. The molecule has 19 heavy (non-hydrogen) atoms. The predicted molar refractivity (Wildman–Crippen MR) is 76.9 cm³/mol. The van der Waals surface area contributed by atoms with E-state index in [-0.39, 0.29) is 11.9 Å². The van der Waals surface area contributed by atoms with Gasteiger partial charge in [0.05, 0.1) is 5.69 Å². The van der Waals surface area contributed by atoms with Crippen LogP contribution in [0.25, 0.3) is 0 Å². The zero-order valence-electron chi connectivity index (χ0n) is 11.3. The van der Waals surface area contributed by atoms with Crippen LogP contribution in [0, 0.1) is 0 Å². The molecule has 1 saturated carbocycles. The van der Waals surface area contributed by atoms with Gasteiger partial charge in [-0.25, -0.2) is 4.98 Å². The molecular weight excluding hydrogens is 262 g/mol. The molecule has 3 rings (SSSR count). The van der Waals surface area contributed by atoms with E-state index in [0.29, 0.717) is 11.2 Å². The molecule has 1 amide bonds. The zero-order chi connectivity index (χ0) is 13.6. The van der Waals surface area contributed by atoms with E-state index in [2.05, 4.69) is 9.88 Å². The molecule has 102 valence electrons. The van der Waals surface area contributed by atoms with Gasteiger partial charge < -0.3 is 9.80 Å². The molecule has 0 radical (unpaired) electrons. The molecule has 2 aliphatic rings. The Balaban J connectivity index is 2.10. The average molecular weight is 280 g/mol. The molecule has 4 nitrogen and oxygen atoms in total. The Kier molecular flexibility index (Phi) is 3.13. The summed E-state index contributed by atoms with van der Waals surface area (Å²) in [5, 5.41) is 0.483. The predicted octanol–water partition coefficient (Wildman–Crippen LogP) is 2.85. The molecule has 0 aromatic carbocycles. The van der Waals surface area contributed by atoms with Crippen molar-refractivity contribution in [3.05, 3.63) is 17.3 Å². The number of anilines is 2. The van der Waals surface area contributed by atoms with Gasteiger partial charge in [-0.1, -0.05) is 24.4 Å². The third-order valence-electron chi connectivity index (χ3n) is 4.25. The molecular formula is C14H18ClN3O. The number of rotatable bonds is 1. The lowest BCUT2D eigenvalue weighted by molar-refractivity contribution is -0.119. The monoisotopic (exact) mass is 279 g/mol. The molecule has 0 spiro atoms. The van der Waals surface area contributed by atoms with Crippen LogP contribution in [0.2, 0.25) is 5.15 Å². The van der Waals surface area contributed by atoms with Crippen molar-refractivity contribution in [1.82, 2.24) is 4.98 Å². The molecule has 2 heterocycles. The number of likely N-dealkylation sites (N-methyl/N-ethyl adjacent to an activating group) is 1. The standard InChI is InChI=1S/C14H18ClN3O/c1-9-14(19)17(2)11-7-8-12(15)16-13(11)18(9)10-5-3-4-6-10/h7-10H,3-6H2,1-2H3/t9-/m0/s1. The lowest BCUT2D eigenvalue weighted by atomic mass is 10.1. The van der Waals surface area contributed by atoms with E-state index >= 15 is 0 Å². The van der Waals surface area contributed by atoms with Crippen LogP contribution in [0.15, 0.2) is 12.1 Å². The van der Waals surface area contributed by atoms with Gasteiger partial charge in [-0.3, -0.25) is 4.79 Å². The molecule has 1 aliphatic heterocycles. The fourth-order valence-electron chi connectivity index (χ4n) is 3.24. The van der Waals surface area contributed by atoms with Gasteiger partial charge in [0.2, 0.25) is 5.91 Å². The first-order valence-corrected chi connectivity index (χ1v) is 7.20. The second kappa shape index (κ2) is 4.67. The number of fused-ring (bicyclic) bond motifs is 1. The molecule has 1 aromatic rings. The summed E-state index contributed by atoms with van der Waals surface area (Å²) in [6, 6.07) is 3.88. The van der Waals surface area contributed by atoms with E-state index in [9.17, 15) is 4.79 Å². The number of amides is 1. The Hall–Kier alpha value is -1.29. The van der Waals surface area contributed by atoms with Gasteiger partial charge in [0.25, 0.3) is 0 Å². The van der Waals surface area contributed by atoms with Gasteiger partial charge in [0, 0.05) is 13.1 Å². The molecule has 0 bridgehead atoms.